The van der Waals surface area contributed by atoms with Crippen LogP contribution in [0.5, 0.6) is 5.75 Å². The fourth-order valence-electron chi connectivity index (χ4n) is 2.71. The van der Waals surface area contributed by atoms with Gasteiger partial charge in [0.15, 0.2) is 5.78 Å². The summed E-state index contributed by atoms with van der Waals surface area (Å²) < 4.78 is 19.6. The molecule has 0 fully saturated rings. The summed E-state index contributed by atoms with van der Waals surface area (Å²) in [4.78, 5) is 11.8. The maximum atomic E-state index is 14.3. The number of carbonyl (C=O) groups is 1. The van der Waals surface area contributed by atoms with Gasteiger partial charge in [-0.05, 0) is 36.6 Å². The van der Waals surface area contributed by atoms with Crippen LogP contribution in [0.3, 0.4) is 0 Å². The Labute approximate surface area is 117 Å². The van der Waals surface area contributed by atoms with Gasteiger partial charge in [0, 0.05) is 23.6 Å². The molecule has 0 saturated heterocycles. The zero-order valence-electron chi connectivity index (χ0n) is 11.3. The summed E-state index contributed by atoms with van der Waals surface area (Å²) in [7, 11) is 0. The summed E-state index contributed by atoms with van der Waals surface area (Å²) in [6, 6.07) is 10.4. The Morgan fingerprint density at radius 1 is 1.10 bits per heavy atom. The van der Waals surface area contributed by atoms with Gasteiger partial charge in [0.2, 0.25) is 0 Å². The average Bonchev–Trinajstić information content (AvgIpc) is 2.82. The van der Waals surface area contributed by atoms with Crippen LogP contribution in [0.15, 0.2) is 36.4 Å². The van der Waals surface area contributed by atoms with Crippen molar-refractivity contribution in [2.24, 2.45) is 0 Å². The lowest BCUT2D eigenvalue weighted by Crippen LogP contribution is -1.96. The Hall–Kier alpha value is -2.16. The van der Waals surface area contributed by atoms with Gasteiger partial charge in [-0.1, -0.05) is 18.2 Å². The summed E-state index contributed by atoms with van der Waals surface area (Å²) in [6.07, 6.45) is 1.21. The minimum Gasteiger partial charge on any atom is -0.494 e. The number of ether oxygens (including phenoxy) is 1. The van der Waals surface area contributed by atoms with Crippen LogP contribution in [0, 0.1) is 5.82 Å². The molecule has 102 valence electrons. The summed E-state index contributed by atoms with van der Waals surface area (Å²) >= 11 is 0. The average molecular weight is 270 g/mol. The first-order chi connectivity index (χ1) is 9.70. The molecule has 0 amide bonds. The smallest absolute Gasteiger partial charge is 0.163 e. The van der Waals surface area contributed by atoms with Crippen LogP contribution in [0.25, 0.3) is 11.1 Å². The van der Waals surface area contributed by atoms with Crippen LogP contribution in [0.2, 0.25) is 0 Å². The van der Waals surface area contributed by atoms with E-state index in [-0.39, 0.29) is 11.6 Å². The van der Waals surface area contributed by atoms with Gasteiger partial charge in [0.25, 0.3) is 0 Å². The molecule has 0 bridgehead atoms. The van der Waals surface area contributed by atoms with Crippen molar-refractivity contribution >= 4 is 5.78 Å². The van der Waals surface area contributed by atoms with E-state index in [4.69, 9.17) is 4.74 Å². The first-order valence-corrected chi connectivity index (χ1v) is 6.78. The van der Waals surface area contributed by atoms with Gasteiger partial charge in [-0.25, -0.2) is 4.39 Å². The molecule has 0 unspecified atom stereocenters. The highest BCUT2D eigenvalue weighted by molar-refractivity contribution is 6.02. The first kappa shape index (κ1) is 12.9. The number of hydrogen-bond donors (Lipinski definition) is 0. The molecule has 3 heteroatoms. The van der Waals surface area contributed by atoms with Crippen LogP contribution >= 0.6 is 0 Å². The Morgan fingerprint density at radius 2 is 1.90 bits per heavy atom. The molecule has 2 aromatic carbocycles. The van der Waals surface area contributed by atoms with Crippen molar-refractivity contribution < 1.29 is 13.9 Å². The van der Waals surface area contributed by atoms with Gasteiger partial charge in [-0.15, -0.1) is 0 Å². The molecular weight excluding hydrogens is 255 g/mol. The van der Waals surface area contributed by atoms with E-state index < -0.39 is 0 Å². The molecule has 0 saturated carbocycles. The largest absolute Gasteiger partial charge is 0.494 e. The normalized spacial score (nSPS) is 13.4. The van der Waals surface area contributed by atoms with E-state index in [1.54, 1.807) is 12.1 Å². The van der Waals surface area contributed by atoms with Gasteiger partial charge >= 0.3 is 0 Å². The minimum absolute atomic E-state index is 0.146. The predicted octanol–water partition coefficient (Wildman–Crippen LogP) is 4.02. The van der Waals surface area contributed by atoms with E-state index in [9.17, 15) is 9.18 Å². The van der Waals surface area contributed by atoms with Gasteiger partial charge in [0.1, 0.15) is 11.6 Å². The van der Waals surface area contributed by atoms with Crippen molar-refractivity contribution in [3.05, 3.63) is 53.3 Å². The maximum absolute atomic E-state index is 14.3. The Bertz CT molecular complexity index is 677. The molecular formula is C17H15FO2. The lowest BCUT2D eigenvalue weighted by atomic mass is 9.96. The van der Waals surface area contributed by atoms with Crippen molar-refractivity contribution in [3.63, 3.8) is 0 Å². The lowest BCUT2D eigenvalue weighted by Gasteiger charge is -2.10. The fourth-order valence-corrected chi connectivity index (χ4v) is 2.71. The third-order valence-corrected chi connectivity index (χ3v) is 3.62. The van der Waals surface area contributed by atoms with E-state index in [1.165, 1.54) is 6.07 Å². The molecule has 2 nitrogen and oxygen atoms in total. The molecule has 1 aliphatic rings. The molecule has 0 aliphatic heterocycles. The summed E-state index contributed by atoms with van der Waals surface area (Å²) in [5, 5.41) is 0. The molecule has 0 aromatic heterocycles. The Balaban J connectivity index is 2.08. The highest BCUT2D eigenvalue weighted by Gasteiger charge is 2.23. The van der Waals surface area contributed by atoms with Crippen molar-refractivity contribution in [1.82, 2.24) is 0 Å². The highest BCUT2D eigenvalue weighted by Crippen LogP contribution is 2.34. The second-order valence-electron chi connectivity index (χ2n) is 4.83. The first-order valence-electron chi connectivity index (χ1n) is 6.78. The number of Topliss-reactive ketones (excluding diaryl/α,β-unsaturated/α-hetero) is 1. The third kappa shape index (κ3) is 2.09. The number of halogens is 1. The number of fused-ring (bicyclic) bond motifs is 1. The van der Waals surface area contributed by atoms with Crippen LogP contribution in [0.4, 0.5) is 4.39 Å². The zero-order chi connectivity index (χ0) is 14.1. The van der Waals surface area contributed by atoms with Gasteiger partial charge < -0.3 is 4.74 Å². The topological polar surface area (TPSA) is 26.3 Å². The van der Waals surface area contributed by atoms with Crippen molar-refractivity contribution in [1.29, 1.82) is 0 Å². The zero-order valence-corrected chi connectivity index (χ0v) is 11.3. The molecule has 0 atom stereocenters. The number of benzene rings is 2. The van der Waals surface area contributed by atoms with Gasteiger partial charge in [0.05, 0.1) is 6.61 Å². The molecule has 0 heterocycles. The monoisotopic (exact) mass is 270 g/mol. The Kier molecular flexibility index (Phi) is 3.26. The molecule has 0 spiro atoms. The van der Waals surface area contributed by atoms with Crippen LogP contribution in [-0.4, -0.2) is 12.4 Å². The highest BCUT2D eigenvalue weighted by atomic mass is 19.1. The standard InChI is InChI=1S/C17H15FO2/c1-2-20-11-6-7-14(16(18)10-11)12-4-3-5-15-13(12)8-9-17(15)19/h3-7,10H,2,8-9H2,1H3. The van der Waals surface area contributed by atoms with E-state index in [0.717, 1.165) is 16.7 Å². The molecule has 2 aromatic rings. The fraction of sp³-hybridized carbons (Fsp3) is 0.235. The lowest BCUT2D eigenvalue weighted by molar-refractivity contribution is 0.0994. The summed E-state index contributed by atoms with van der Waals surface area (Å²) in [6.45, 7) is 2.37. The number of ketones is 1. The van der Waals surface area contributed by atoms with E-state index in [2.05, 4.69) is 0 Å². The number of carbonyl (C=O) groups excluding carboxylic acids is 1. The van der Waals surface area contributed by atoms with E-state index >= 15 is 0 Å². The van der Waals surface area contributed by atoms with Crippen molar-refractivity contribution in [2.75, 3.05) is 6.61 Å². The van der Waals surface area contributed by atoms with Crippen molar-refractivity contribution in [3.8, 4) is 16.9 Å². The van der Waals surface area contributed by atoms with Crippen LogP contribution < -0.4 is 4.74 Å². The van der Waals surface area contributed by atoms with E-state index in [0.29, 0.717) is 30.8 Å². The van der Waals surface area contributed by atoms with Gasteiger partial charge in [-0.2, -0.15) is 0 Å². The molecule has 1 aliphatic carbocycles. The molecule has 0 N–H and O–H groups in total. The minimum atomic E-state index is -0.316. The second kappa shape index (κ2) is 5.08. The maximum Gasteiger partial charge on any atom is 0.163 e. The summed E-state index contributed by atoms with van der Waals surface area (Å²) in [5.74, 6) is 0.356. The van der Waals surface area contributed by atoms with Crippen LogP contribution in [-0.2, 0) is 6.42 Å². The molecule has 3 rings (SSSR count). The number of hydrogen-bond acceptors (Lipinski definition) is 2. The van der Waals surface area contributed by atoms with E-state index in [1.807, 2.05) is 25.1 Å². The predicted molar refractivity (Wildman–Crippen MR) is 75.7 cm³/mol. The van der Waals surface area contributed by atoms with Gasteiger partial charge in [-0.3, -0.25) is 4.79 Å². The summed E-state index contributed by atoms with van der Waals surface area (Å²) in [5.41, 5.74) is 3.03. The van der Waals surface area contributed by atoms with Crippen molar-refractivity contribution in [2.45, 2.75) is 19.8 Å². The van der Waals surface area contributed by atoms with Crippen LogP contribution in [0.1, 0.15) is 29.3 Å². The molecule has 20 heavy (non-hydrogen) atoms. The quantitative estimate of drug-likeness (QED) is 0.842. The number of rotatable bonds is 3. The third-order valence-electron chi connectivity index (χ3n) is 3.62. The Morgan fingerprint density at radius 3 is 2.65 bits per heavy atom. The SMILES string of the molecule is CCOc1ccc(-c2cccc3c2CCC3=O)c(F)c1. The molecule has 0 radical (unpaired) electrons. The second-order valence-corrected chi connectivity index (χ2v) is 4.83.